The molecule has 1 aromatic heterocycles. The van der Waals surface area contributed by atoms with Crippen LogP contribution in [0.4, 0.5) is 10.7 Å². The van der Waals surface area contributed by atoms with Crippen molar-refractivity contribution in [2.75, 3.05) is 12.4 Å². The average Bonchev–Trinajstić information content (AvgIpc) is 2.89. The summed E-state index contributed by atoms with van der Waals surface area (Å²) in [4.78, 5) is 22.1. The van der Waals surface area contributed by atoms with E-state index in [0.29, 0.717) is 11.4 Å². The van der Waals surface area contributed by atoms with Gasteiger partial charge in [-0.15, -0.1) is 0 Å². The lowest BCUT2D eigenvalue weighted by Gasteiger charge is -2.10. The van der Waals surface area contributed by atoms with E-state index in [-0.39, 0.29) is 10.6 Å². The van der Waals surface area contributed by atoms with E-state index >= 15 is 0 Å². The van der Waals surface area contributed by atoms with Crippen LogP contribution in [0, 0.1) is 17.0 Å². The Labute approximate surface area is 119 Å². The van der Waals surface area contributed by atoms with E-state index in [1.807, 2.05) is 13.0 Å². The molecule has 2 aromatic rings. The van der Waals surface area contributed by atoms with Gasteiger partial charge in [-0.3, -0.25) is 14.9 Å². The molecule has 104 valence electrons. The topological polar surface area (TPSA) is 81.5 Å². The van der Waals surface area contributed by atoms with Crippen LogP contribution in [0.25, 0.3) is 0 Å². The smallest absolute Gasteiger partial charge is 0.324 e. The van der Waals surface area contributed by atoms with Crippen molar-refractivity contribution in [3.05, 3.63) is 50.9 Å². The summed E-state index contributed by atoms with van der Waals surface area (Å²) < 4.78 is 5.16. The zero-order chi connectivity index (χ0) is 14.7. The summed E-state index contributed by atoms with van der Waals surface area (Å²) in [6.07, 6.45) is 0. The van der Waals surface area contributed by atoms with Crippen LogP contribution in [0.15, 0.2) is 29.6 Å². The Morgan fingerprint density at radius 3 is 2.75 bits per heavy atom. The molecule has 7 heteroatoms. The van der Waals surface area contributed by atoms with E-state index in [1.165, 1.54) is 18.6 Å². The highest BCUT2D eigenvalue weighted by Gasteiger charge is 2.16. The number of benzene rings is 1. The molecule has 0 saturated carbocycles. The summed E-state index contributed by atoms with van der Waals surface area (Å²) in [6, 6.07) is 6.64. The number of ether oxygens (including phenoxy) is 1. The Morgan fingerprint density at radius 2 is 2.15 bits per heavy atom. The van der Waals surface area contributed by atoms with Crippen molar-refractivity contribution in [2.24, 2.45) is 0 Å². The van der Waals surface area contributed by atoms with Crippen LogP contribution in [0.2, 0.25) is 0 Å². The van der Waals surface area contributed by atoms with Gasteiger partial charge in [0.05, 0.1) is 23.3 Å². The van der Waals surface area contributed by atoms with Gasteiger partial charge >= 0.3 is 5.00 Å². The molecule has 0 aliphatic rings. The highest BCUT2D eigenvalue weighted by atomic mass is 32.1. The lowest BCUT2D eigenvalue weighted by molar-refractivity contribution is -0.380. The molecule has 2 rings (SSSR count). The predicted molar refractivity (Wildman–Crippen MR) is 76.7 cm³/mol. The standard InChI is InChI=1S/C13H12N2O4S/c1-8-3-4-11(19-2)10(5-8)14-13(16)9-6-12(15(17)18)20-7-9/h3-7H,1-2H3,(H,14,16). The monoisotopic (exact) mass is 292 g/mol. The highest BCUT2D eigenvalue weighted by molar-refractivity contribution is 7.13. The van der Waals surface area contributed by atoms with Gasteiger partial charge in [-0.25, -0.2) is 0 Å². The first-order valence-corrected chi connectivity index (χ1v) is 6.58. The summed E-state index contributed by atoms with van der Waals surface area (Å²) in [5.41, 5.74) is 1.76. The van der Waals surface area contributed by atoms with E-state index in [9.17, 15) is 14.9 Å². The number of nitro groups is 1. The second-order valence-corrected chi connectivity index (χ2v) is 4.98. The van der Waals surface area contributed by atoms with Crippen molar-refractivity contribution in [1.29, 1.82) is 0 Å². The van der Waals surface area contributed by atoms with E-state index in [0.717, 1.165) is 16.9 Å². The molecular weight excluding hydrogens is 280 g/mol. The SMILES string of the molecule is COc1ccc(C)cc1NC(=O)c1csc([N+](=O)[O-])c1. The molecule has 0 saturated heterocycles. The molecule has 6 nitrogen and oxygen atoms in total. The third-order valence-electron chi connectivity index (χ3n) is 2.63. The molecule has 1 amide bonds. The maximum atomic E-state index is 12.0. The van der Waals surface area contributed by atoms with Crippen molar-refractivity contribution in [3.8, 4) is 5.75 Å². The molecule has 0 aliphatic carbocycles. The summed E-state index contributed by atoms with van der Waals surface area (Å²) in [5, 5.41) is 14.7. The minimum atomic E-state index is -0.519. The predicted octanol–water partition coefficient (Wildman–Crippen LogP) is 3.23. The molecule has 1 N–H and O–H groups in total. The average molecular weight is 292 g/mol. The van der Waals surface area contributed by atoms with Crippen LogP contribution in [0.3, 0.4) is 0 Å². The first-order chi connectivity index (χ1) is 9.51. The van der Waals surface area contributed by atoms with Crippen LogP contribution in [0.5, 0.6) is 5.75 Å². The first-order valence-electron chi connectivity index (χ1n) is 5.70. The van der Waals surface area contributed by atoms with Gasteiger partial charge in [0.15, 0.2) is 0 Å². The number of amides is 1. The van der Waals surface area contributed by atoms with Crippen molar-refractivity contribution in [3.63, 3.8) is 0 Å². The number of methoxy groups -OCH3 is 1. The summed E-state index contributed by atoms with van der Waals surface area (Å²) in [5.74, 6) is 0.131. The van der Waals surface area contributed by atoms with Gasteiger partial charge in [0.2, 0.25) is 0 Å². The number of thiophene rings is 1. The third kappa shape index (κ3) is 2.94. The Balaban J connectivity index is 2.22. The number of anilines is 1. The normalized spacial score (nSPS) is 10.1. The van der Waals surface area contributed by atoms with Gasteiger partial charge in [0.25, 0.3) is 5.91 Å². The summed E-state index contributed by atoms with van der Waals surface area (Å²) in [6.45, 7) is 1.89. The second-order valence-electron chi connectivity index (χ2n) is 4.09. The van der Waals surface area contributed by atoms with Crippen molar-refractivity contribution >= 4 is 27.9 Å². The molecule has 0 fully saturated rings. The zero-order valence-electron chi connectivity index (χ0n) is 10.9. The van der Waals surface area contributed by atoms with Gasteiger partial charge in [-0.05, 0) is 24.6 Å². The Kier molecular flexibility index (Phi) is 3.99. The molecule has 0 aliphatic heterocycles. The molecule has 0 radical (unpaired) electrons. The fourth-order valence-corrected chi connectivity index (χ4v) is 2.36. The summed E-state index contributed by atoms with van der Waals surface area (Å²) in [7, 11) is 1.51. The van der Waals surface area contributed by atoms with Gasteiger partial charge in [0.1, 0.15) is 5.75 Å². The van der Waals surface area contributed by atoms with Crippen LogP contribution >= 0.6 is 11.3 Å². The number of rotatable bonds is 4. The van der Waals surface area contributed by atoms with Crippen LogP contribution in [-0.4, -0.2) is 17.9 Å². The largest absolute Gasteiger partial charge is 0.495 e. The number of nitrogens with one attached hydrogen (secondary N) is 1. The second kappa shape index (κ2) is 5.70. The Morgan fingerprint density at radius 1 is 1.40 bits per heavy atom. The molecule has 0 bridgehead atoms. The Hall–Kier alpha value is -2.41. The number of nitrogens with zero attached hydrogens (tertiary/aromatic N) is 1. The maximum absolute atomic E-state index is 12.0. The fourth-order valence-electron chi connectivity index (χ4n) is 1.65. The van der Waals surface area contributed by atoms with Gasteiger partial charge in [-0.1, -0.05) is 17.4 Å². The van der Waals surface area contributed by atoms with E-state index in [2.05, 4.69) is 5.32 Å². The highest BCUT2D eigenvalue weighted by Crippen LogP contribution is 2.27. The molecule has 0 spiro atoms. The molecular formula is C13H12N2O4S. The minimum absolute atomic E-state index is 0.0636. The lowest BCUT2D eigenvalue weighted by atomic mass is 10.2. The molecule has 0 unspecified atom stereocenters. The maximum Gasteiger partial charge on any atom is 0.324 e. The van der Waals surface area contributed by atoms with Gasteiger partial charge in [-0.2, -0.15) is 0 Å². The first kappa shape index (κ1) is 14.0. The van der Waals surface area contributed by atoms with Gasteiger partial charge < -0.3 is 10.1 Å². The van der Waals surface area contributed by atoms with Gasteiger partial charge in [0, 0.05) is 11.4 Å². The molecule has 0 atom stereocenters. The molecule has 1 heterocycles. The van der Waals surface area contributed by atoms with E-state index < -0.39 is 10.8 Å². The number of carbonyl (C=O) groups is 1. The van der Waals surface area contributed by atoms with Crippen molar-refractivity contribution in [1.82, 2.24) is 0 Å². The van der Waals surface area contributed by atoms with Crippen LogP contribution in [-0.2, 0) is 0 Å². The fraction of sp³-hybridized carbons (Fsp3) is 0.154. The quantitative estimate of drug-likeness (QED) is 0.693. The number of carbonyl (C=O) groups excluding carboxylic acids is 1. The third-order valence-corrected chi connectivity index (χ3v) is 3.51. The minimum Gasteiger partial charge on any atom is -0.495 e. The summed E-state index contributed by atoms with van der Waals surface area (Å²) >= 11 is 0.918. The number of hydrogen-bond acceptors (Lipinski definition) is 5. The zero-order valence-corrected chi connectivity index (χ0v) is 11.7. The van der Waals surface area contributed by atoms with E-state index in [1.54, 1.807) is 12.1 Å². The van der Waals surface area contributed by atoms with Crippen molar-refractivity contribution in [2.45, 2.75) is 6.92 Å². The van der Waals surface area contributed by atoms with E-state index in [4.69, 9.17) is 4.74 Å². The lowest BCUT2D eigenvalue weighted by Crippen LogP contribution is -2.11. The van der Waals surface area contributed by atoms with Crippen LogP contribution in [0.1, 0.15) is 15.9 Å². The number of aryl methyl sites for hydroxylation is 1. The number of hydrogen-bond donors (Lipinski definition) is 1. The molecule has 1 aromatic carbocycles. The van der Waals surface area contributed by atoms with Crippen molar-refractivity contribution < 1.29 is 14.5 Å². The molecule has 20 heavy (non-hydrogen) atoms. The Bertz CT molecular complexity index is 666. The van der Waals surface area contributed by atoms with Crippen LogP contribution < -0.4 is 10.1 Å².